The van der Waals surface area contributed by atoms with Crippen LogP contribution >= 0.6 is 11.3 Å². The Kier molecular flexibility index (Phi) is 5.34. The van der Waals surface area contributed by atoms with E-state index in [2.05, 4.69) is 32.9 Å². The molecule has 1 nitrogen and oxygen atoms in total. The Morgan fingerprint density at radius 1 is 1.33 bits per heavy atom. The molecule has 0 saturated carbocycles. The highest BCUT2D eigenvalue weighted by Gasteiger charge is 2.12. The van der Waals surface area contributed by atoms with Crippen molar-refractivity contribution < 1.29 is 0 Å². The normalized spacial score (nSPS) is 15.2. The first-order valence-corrected chi connectivity index (χ1v) is 6.83. The number of hydrogen-bond acceptors (Lipinski definition) is 2. The average Bonchev–Trinajstić information content (AvgIpc) is 2.66. The monoisotopic (exact) mass is 225 g/mol. The minimum Gasteiger partial charge on any atom is -0.323 e. The predicted octanol–water partition coefficient (Wildman–Crippen LogP) is 4.14. The Hall–Kier alpha value is -0.340. The van der Waals surface area contributed by atoms with Crippen LogP contribution in [0.15, 0.2) is 12.1 Å². The van der Waals surface area contributed by atoms with Crippen LogP contribution < -0.4 is 5.73 Å². The van der Waals surface area contributed by atoms with Gasteiger partial charge in [-0.3, -0.25) is 0 Å². The summed E-state index contributed by atoms with van der Waals surface area (Å²) in [7, 11) is 0. The zero-order valence-corrected chi connectivity index (χ0v) is 10.9. The summed E-state index contributed by atoms with van der Waals surface area (Å²) in [6.45, 7) is 6.74. The maximum absolute atomic E-state index is 6.20. The second kappa shape index (κ2) is 6.29. The first-order valence-electron chi connectivity index (χ1n) is 6.01. The molecule has 2 atom stereocenters. The van der Waals surface area contributed by atoms with Crippen LogP contribution in [0.3, 0.4) is 0 Å². The highest BCUT2D eigenvalue weighted by Crippen LogP contribution is 2.27. The molecule has 0 saturated heterocycles. The van der Waals surface area contributed by atoms with Gasteiger partial charge in [0.1, 0.15) is 0 Å². The fraction of sp³-hybridized carbons (Fsp3) is 0.692. The van der Waals surface area contributed by atoms with E-state index in [9.17, 15) is 0 Å². The van der Waals surface area contributed by atoms with E-state index < -0.39 is 0 Å². The van der Waals surface area contributed by atoms with E-state index in [0.717, 1.165) is 18.8 Å². The molecule has 0 spiro atoms. The molecule has 0 amide bonds. The zero-order valence-electron chi connectivity index (χ0n) is 10.1. The van der Waals surface area contributed by atoms with Crippen molar-refractivity contribution in [3.63, 3.8) is 0 Å². The van der Waals surface area contributed by atoms with Gasteiger partial charge in [-0.25, -0.2) is 0 Å². The summed E-state index contributed by atoms with van der Waals surface area (Å²) in [6.07, 6.45) is 4.80. The van der Waals surface area contributed by atoms with Crippen LogP contribution in [0.25, 0.3) is 0 Å². The summed E-state index contributed by atoms with van der Waals surface area (Å²) >= 11 is 1.88. The van der Waals surface area contributed by atoms with Gasteiger partial charge in [0.05, 0.1) is 0 Å². The van der Waals surface area contributed by atoms with Gasteiger partial charge in [-0.2, -0.15) is 0 Å². The Bertz CT molecular complexity index is 280. The third-order valence-electron chi connectivity index (χ3n) is 2.83. The summed E-state index contributed by atoms with van der Waals surface area (Å²) < 4.78 is 0. The Labute approximate surface area is 97.7 Å². The fourth-order valence-corrected chi connectivity index (χ4v) is 2.91. The molecular formula is C13H23NS. The third-order valence-corrected chi connectivity index (χ3v) is 4.20. The average molecular weight is 225 g/mol. The highest BCUT2D eigenvalue weighted by molar-refractivity contribution is 7.12. The first kappa shape index (κ1) is 12.7. The highest BCUT2D eigenvalue weighted by atomic mass is 32.1. The molecule has 1 aromatic rings. The van der Waals surface area contributed by atoms with E-state index >= 15 is 0 Å². The number of nitrogens with two attached hydrogens (primary N) is 1. The summed E-state index contributed by atoms with van der Waals surface area (Å²) in [4.78, 5) is 2.80. The van der Waals surface area contributed by atoms with Crippen LogP contribution in [0.1, 0.15) is 55.8 Å². The summed E-state index contributed by atoms with van der Waals surface area (Å²) in [5, 5.41) is 0. The molecule has 2 unspecified atom stereocenters. The SMILES string of the molecule is CCCC(C)CC(N)c1ccc(CC)s1. The van der Waals surface area contributed by atoms with Crippen LogP contribution in [0.5, 0.6) is 0 Å². The van der Waals surface area contributed by atoms with Crippen molar-refractivity contribution in [1.82, 2.24) is 0 Å². The fourth-order valence-electron chi connectivity index (χ4n) is 1.94. The molecule has 0 aliphatic rings. The molecule has 0 fully saturated rings. The molecule has 1 aromatic heterocycles. The van der Waals surface area contributed by atoms with Gasteiger partial charge in [-0.1, -0.05) is 33.6 Å². The Morgan fingerprint density at radius 2 is 2.07 bits per heavy atom. The van der Waals surface area contributed by atoms with Crippen molar-refractivity contribution in [1.29, 1.82) is 0 Å². The quantitative estimate of drug-likeness (QED) is 0.773. The molecule has 0 aliphatic heterocycles. The smallest absolute Gasteiger partial charge is 0.0392 e. The van der Waals surface area contributed by atoms with Gasteiger partial charge in [-0.05, 0) is 30.9 Å². The van der Waals surface area contributed by atoms with Crippen molar-refractivity contribution in [3.8, 4) is 0 Å². The molecule has 0 radical (unpaired) electrons. The topological polar surface area (TPSA) is 26.0 Å². The molecule has 2 heteroatoms. The lowest BCUT2D eigenvalue weighted by atomic mass is 9.97. The van der Waals surface area contributed by atoms with Crippen molar-refractivity contribution in [3.05, 3.63) is 21.9 Å². The van der Waals surface area contributed by atoms with E-state index in [1.165, 1.54) is 22.6 Å². The minimum absolute atomic E-state index is 0.247. The second-order valence-electron chi connectivity index (χ2n) is 4.39. The van der Waals surface area contributed by atoms with Gasteiger partial charge in [0.15, 0.2) is 0 Å². The summed E-state index contributed by atoms with van der Waals surface area (Å²) in [6, 6.07) is 4.66. The lowest BCUT2D eigenvalue weighted by molar-refractivity contribution is 0.443. The van der Waals surface area contributed by atoms with E-state index in [1.54, 1.807) is 0 Å². The molecule has 2 N–H and O–H groups in total. The molecule has 1 rings (SSSR count). The van der Waals surface area contributed by atoms with E-state index in [4.69, 9.17) is 5.73 Å². The van der Waals surface area contributed by atoms with Crippen LogP contribution in [-0.4, -0.2) is 0 Å². The maximum Gasteiger partial charge on any atom is 0.0392 e. The lowest BCUT2D eigenvalue weighted by Crippen LogP contribution is -2.12. The zero-order chi connectivity index (χ0) is 11.3. The molecule has 0 aliphatic carbocycles. The number of aryl methyl sites for hydroxylation is 1. The minimum atomic E-state index is 0.247. The standard InChI is InChI=1S/C13H23NS/c1-4-6-10(3)9-12(14)13-8-7-11(5-2)15-13/h7-8,10,12H,4-6,9,14H2,1-3H3. The number of thiophene rings is 1. The third kappa shape index (κ3) is 3.96. The maximum atomic E-state index is 6.20. The van der Waals surface area contributed by atoms with Gasteiger partial charge in [-0.15, -0.1) is 11.3 Å². The van der Waals surface area contributed by atoms with Crippen molar-refractivity contribution in [2.45, 2.75) is 52.5 Å². The summed E-state index contributed by atoms with van der Waals surface area (Å²) in [5.41, 5.74) is 6.20. The van der Waals surface area contributed by atoms with Gasteiger partial charge >= 0.3 is 0 Å². The van der Waals surface area contributed by atoms with E-state index in [1.807, 2.05) is 11.3 Å². The van der Waals surface area contributed by atoms with E-state index in [-0.39, 0.29) is 6.04 Å². The molecule has 1 heterocycles. The second-order valence-corrected chi connectivity index (χ2v) is 5.59. The van der Waals surface area contributed by atoms with Crippen LogP contribution in [0, 0.1) is 5.92 Å². The molecule has 86 valence electrons. The van der Waals surface area contributed by atoms with Crippen LogP contribution in [-0.2, 0) is 6.42 Å². The van der Waals surface area contributed by atoms with Crippen molar-refractivity contribution in [2.24, 2.45) is 11.7 Å². The van der Waals surface area contributed by atoms with Crippen LogP contribution in [0.4, 0.5) is 0 Å². The number of hydrogen-bond donors (Lipinski definition) is 1. The van der Waals surface area contributed by atoms with Crippen molar-refractivity contribution >= 4 is 11.3 Å². The van der Waals surface area contributed by atoms with Gasteiger partial charge in [0.2, 0.25) is 0 Å². The molecule has 0 bridgehead atoms. The molecular weight excluding hydrogens is 202 g/mol. The van der Waals surface area contributed by atoms with Gasteiger partial charge in [0.25, 0.3) is 0 Å². The Morgan fingerprint density at radius 3 is 2.60 bits per heavy atom. The van der Waals surface area contributed by atoms with Crippen molar-refractivity contribution in [2.75, 3.05) is 0 Å². The number of rotatable bonds is 6. The predicted molar refractivity (Wildman–Crippen MR) is 69.3 cm³/mol. The van der Waals surface area contributed by atoms with Gasteiger partial charge < -0.3 is 5.73 Å². The molecule has 15 heavy (non-hydrogen) atoms. The molecule has 0 aromatic carbocycles. The first-order chi connectivity index (χ1) is 7.17. The van der Waals surface area contributed by atoms with Gasteiger partial charge in [0, 0.05) is 15.8 Å². The summed E-state index contributed by atoms with van der Waals surface area (Å²) in [5.74, 6) is 0.747. The largest absolute Gasteiger partial charge is 0.323 e. The lowest BCUT2D eigenvalue weighted by Gasteiger charge is -2.15. The van der Waals surface area contributed by atoms with E-state index in [0.29, 0.717) is 0 Å². The Balaban J connectivity index is 2.49. The van der Waals surface area contributed by atoms with Crippen LogP contribution in [0.2, 0.25) is 0 Å².